The molecule has 1 heterocycles. The fourth-order valence-corrected chi connectivity index (χ4v) is 1.07. The maximum atomic E-state index is 10.1. The van der Waals surface area contributed by atoms with E-state index in [1.807, 2.05) is 30.3 Å². The SMILES string of the molecule is O=[C]Cn1nnc(-c2ccccc2)n1. The first-order valence-corrected chi connectivity index (χ1v) is 4.08. The van der Waals surface area contributed by atoms with Crippen LogP contribution in [0.1, 0.15) is 0 Å². The lowest BCUT2D eigenvalue weighted by Gasteiger charge is -1.90. The van der Waals surface area contributed by atoms with Crippen molar-refractivity contribution in [3.63, 3.8) is 0 Å². The molecule has 0 aliphatic carbocycles. The summed E-state index contributed by atoms with van der Waals surface area (Å²) in [5, 5.41) is 11.5. The van der Waals surface area contributed by atoms with Crippen LogP contribution in [0.15, 0.2) is 30.3 Å². The molecule has 0 unspecified atom stereocenters. The number of aromatic nitrogens is 4. The largest absolute Gasteiger partial charge is 0.289 e. The Morgan fingerprint density at radius 3 is 2.79 bits per heavy atom. The van der Waals surface area contributed by atoms with Crippen LogP contribution >= 0.6 is 0 Å². The predicted octanol–water partition coefficient (Wildman–Crippen LogP) is 0.450. The van der Waals surface area contributed by atoms with E-state index in [1.165, 1.54) is 4.80 Å². The number of hydrogen-bond acceptors (Lipinski definition) is 4. The minimum Gasteiger partial charge on any atom is -0.289 e. The third-order valence-corrected chi connectivity index (χ3v) is 1.69. The summed E-state index contributed by atoms with van der Waals surface area (Å²) in [6.45, 7) is 0.0137. The number of carbonyl (C=O) groups excluding carboxylic acids is 1. The van der Waals surface area contributed by atoms with Crippen molar-refractivity contribution < 1.29 is 4.79 Å². The minimum atomic E-state index is 0.0137. The van der Waals surface area contributed by atoms with E-state index in [0.29, 0.717) is 5.82 Å². The molecular weight excluding hydrogens is 180 g/mol. The molecule has 2 aromatic rings. The summed E-state index contributed by atoms with van der Waals surface area (Å²) in [6, 6.07) is 9.45. The van der Waals surface area contributed by atoms with Crippen LogP contribution in [0.5, 0.6) is 0 Å². The molecule has 0 fully saturated rings. The lowest BCUT2D eigenvalue weighted by molar-refractivity contribution is 0.519. The normalized spacial score (nSPS) is 10.0. The number of benzene rings is 1. The van der Waals surface area contributed by atoms with Gasteiger partial charge in [-0.05, 0) is 5.21 Å². The second-order valence-corrected chi connectivity index (χ2v) is 2.65. The molecule has 0 bridgehead atoms. The average Bonchev–Trinajstić information content (AvgIpc) is 2.68. The fourth-order valence-electron chi connectivity index (χ4n) is 1.07. The van der Waals surface area contributed by atoms with Crippen molar-refractivity contribution in [3.8, 4) is 11.4 Å². The van der Waals surface area contributed by atoms with Gasteiger partial charge in [0.15, 0.2) is 0 Å². The Morgan fingerprint density at radius 1 is 1.29 bits per heavy atom. The molecule has 0 amide bonds. The van der Waals surface area contributed by atoms with Crippen molar-refractivity contribution in [1.29, 1.82) is 0 Å². The van der Waals surface area contributed by atoms with Crippen molar-refractivity contribution in [1.82, 2.24) is 20.2 Å². The molecule has 5 nitrogen and oxygen atoms in total. The molecule has 1 aromatic heterocycles. The summed E-state index contributed by atoms with van der Waals surface area (Å²) in [6.07, 6.45) is 1.70. The van der Waals surface area contributed by atoms with Gasteiger partial charge >= 0.3 is 0 Å². The number of nitrogens with zero attached hydrogens (tertiary/aromatic N) is 4. The monoisotopic (exact) mass is 187 g/mol. The predicted molar refractivity (Wildman–Crippen MR) is 48.9 cm³/mol. The summed E-state index contributed by atoms with van der Waals surface area (Å²) >= 11 is 0. The van der Waals surface area contributed by atoms with Gasteiger partial charge in [-0.25, -0.2) is 0 Å². The Kier molecular flexibility index (Phi) is 2.31. The van der Waals surface area contributed by atoms with Gasteiger partial charge in [0.05, 0.1) is 0 Å². The summed E-state index contributed by atoms with van der Waals surface area (Å²) in [4.78, 5) is 11.3. The van der Waals surface area contributed by atoms with Gasteiger partial charge in [-0.15, -0.1) is 10.2 Å². The van der Waals surface area contributed by atoms with E-state index < -0.39 is 0 Å². The Labute approximate surface area is 80.4 Å². The van der Waals surface area contributed by atoms with E-state index in [-0.39, 0.29) is 6.54 Å². The van der Waals surface area contributed by atoms with Gasteiger partial charge in [-0.2, -0.15) is 4.80 Å². The van der Waals surface area contributed by atoms with Crippen LogP contribution in [0.4, 0.5) is 0 Å². The molecule has 0 spiro atoms. The Morgan fingerprint density at radius 2 is 2.07 bits per heavy atom. The average molecular weight is 187 g/mol. The zero-order chi connectivity index (χ0) is 9.80. The van der Waals surface area contributed by atoms with Crippen LogP contribution in [0.3, 0.4) is 0 Å². The molecule has 0 saturated heterocycles. The second-order valence-electron chi connectivity index (χ2n) is 2.65. The Bertz CT molecular complexity index is 423. The lowest BCUT2D eigenvalue weighted by atomic mass is 10.2. The van der Waals surface area contributed by atoms with Crippen molar-refractivity contribution in [3.05, 3.63) is 30.3 Å². The van der Waals surface area contributed by atoms with Gasteiger partial charge in [0, 0.05) is 5.56 Å². The Hall–Kier alpha value is -2.04. The number of hydrogen-bond donors (Lipinski definition) is 0. The van der Waals surface area contributed by atoms with E-state index in [0.717, 1.165) is 5.56 Å². The molecule has 2 rings (SSSR count). The zero-order valence-electron chi connectivity index (χ0n) is 7.29. The van der Waals surface area contributed by atoms with E-state index in [9.17, 15) is 4.79 Å². The molecule has 0 aliphatic heterocycles. The van der Waals surface area contributed by atoms with Crippen LogP contribution < -0.4 is 0 Å². The van der Waals surface area contributed by atoms with E-state index in [1.54, 1.807) is 6.29 Å². The topological polar surface area (TPSA) is 60.7 Å². The molecule has 69 valence electrons. The van der Waals surface area contributed by atoms with Crippen LogP contribution in [-0.2, 0) is 11.3 Å². The maximum Gasteiger partial charge on any atom is 0.223 e. The summed E-state index contributed by atoms with van der Waals surface area (Å²) < 4.78 is 0. The molecule has 0 saturated carbocycles. The van der Waals surface area contributed by atoms with Crippen LogP contribution in [0.2, 0.25) is 0 Å². The molecule has 0 N–H and O–H groups in total. The quantitative estimate of drug-likeness (QED) is 0.699. The molecule has 1 aromatic carbocycles. The first-order chi connectivity index (χ1) is 6.90. The maximum absolute atomic E-state index is 10.1. The van der Waals surface area contributed by atoms with E-state index in [2.05, 4.69) is 15.4 Å². The van der Waals surface area contributed by atoms with E-state index >= 15 is 0 Å². The smallest absolute Gasteiger partial charge is 0.223 e. The first-order valence-electron chi connectivity index (χ1n) is 4.08. The highest BCUT2D eigenvalue weighted by Gasteiger charge is 2.03. The van der Waals surface area contributed by atoms with Crippen molar-refractivity contribution in [2.45, 2.75) is 6.54 Å². The van der Waals surface area contributed by atoms with Gasteiger partial charge in [-0.3, -0.25) is 4.79 Å². The van der Waals surface area contributed by atoms with Gasteiger partial charge in [0.2, 0.25) is 12.1 Å². The highest BCUT2D eigenvalue weighted by atomic mass is 16.1. The summed E-state index contributed by atoms with van der Waals surface area (Å²) in [5.41, 5.74) is 0.879. The Balaban J connectivity index is 2.29. The highest BCUT2D eigenvalue weighted by molar-refractivity contribution is 5.53. The molecule has 14 heavy (non-hydrogen) atoms. The van der Waals surface area contributed by atoms with Gasteiger partial charge in [0.1, 0.15) is 6.54 Å². The number of tetrazole rings is 1. The lowest BCUT2D eigenvalue weighted by Crippen LogP contribution is -2.02. The van der Waals surface area contributed by atoms with Gasteiger partial charge in [-0.1, -0.05) is 30.3 Å². The first kappa shape index (κ1) is 8.55. The summed E-state index contributed by atoms with van der Waals surface area (Å²) in [7, 11) is 0. The second kappa shape index (κ2) is 3.78. The zero-order valence-corrected chi connectivity index (χ0v) is 7.29. The third kappa shape index (κ3) is 1.66. The van der Waals surface area contributed by atoms with Crippen molar-refractivity contribution in [2.24, 2.45) is 0 Å². The summed E-state index contributed by atoms with van der Waals surface area (Å²) in [5.74, 6) is 0.515. The van der Waals surface area contributed by atoms with Gasteiger partial charge < -0.3 is 0 Å². The fraction of sp³-hybridized carbons (Fsp3) is 0.111. The van der Waals surface area contributed by atoms with E-state index in [4.69, 9.17) is 0 Å². The van der Waals surface area contributed by atoms with Gasteiger partial charge in [0.25, 0.3) is 0 Å². The molecule has 5 heteroatoms. The van der Waals surface area contributed by atoms with Crippen molar-refractivity contribution in [2.75, 3.05) is 0 Å². The molecule has 0 atom stereocenters. The molecule has 1 radical (unpaired) electrons. The van der Waals surface area contributed by atoms with Crippen LogP contribution in [0, 0.1) is 0 Å². The molecular formula is C9H7N4O. The van der Waals surface area contributed by atoms with Crippen LogP contribution in [0.25, 0.3) is 11.4 Å². The van der Waals surface area contributed by atoms with Crippen LogP contribution in [-0.4, -0.2) is 26.5 Å². The standard InChI is InChI=1S/C9H7N4O/c14-7-6-13-11-9(10-12-13)8-4-2-1-3-5-8/h1-5H,6H2. The molecule has 0 aliphatic rings. The highest BCUT2D eigenvalue weighted by Crippen LogP contribution is 2.11. The minimum absolute atomic E-state index is 0.0137. The van der Waals surface area contributed by atoms with Crippen molar-refractivity contribution >= 4 is 6.29 Å². The third-order valence-electron chi connectivity index (χ3n) is 1.69. The number of rotatable bonds is 3.